The highest BCUT2D eigenvalue weighted by molar-refractivity contribution is 5.89. The number of carbonyl (C=O) groups is 1. The highest BCUT2D eigenvalue weighted by Gasteiger charge is 2.26. The number of esters is 1. The molecule has 17 nitrogen and oxygen atoms in total. The molecule has 2 N–H and O–H groups in total. The van der Waals surface area contributed by atoms with Crippen LogP contribution in [0, 0.1) is 12.7 Å². The summed E-state index contributed by atoms with van der Waals surface area (Å²) in [4.78, 5) is 12.3. The third kappa shape index (κ3) is 34.5. The molecule has 0 amide bonds. The Balaban J connectivity index is 0.00000158. The van der Waals surface area contributed by atoms with Crippen LogP contribution in [0.15, 0.2) is 140 Å². The van der Waals surface area contributed by atoms with Gasteiger partial charge in [-0.05, 0) is 198 Å². The van der Waals surface area contributed by atoms with Crippen molar-refractivity contribution in [2.75, 3.05) is 95.5 Å². The van der Waals surface area contributed by atoms with E-state index in [1.807, 2.05) is 60.7 Å². The fourth-order valence-electron chi connectivity index (χ4n) is 13.6. The summed E-state index contributed by atoms with van der Waals surface area (Å²) in [6.07, 6.45) is 8.94. The van der Waals surface area contributed by atoms with Crippen molar-refractivity contribution in [3.8, 4) is 40.2 Å². The Bertz CT molecular complexity index is 4140. The van der Waals surface area contributed by atoms with Gasteiger partial charge >= 0.3 is 5.97 Å². The molecule has 684 valence electrons. The van der Waals surface area contributed by atoms with Crippen molar-refractivity contribution in [3.63, 3.8) is 0 Å². The minimum Gasteiger partial charge on any atom is -0.490 e. The first kappa shape index (κ1) is 113. The average Bonchev–Trinajstić information content (AvgIpc) is 0.783. The molecule has 0 aliphatic heterocycles. The standard InChI is InChI=1S/C26H36O4.C24H31FO5.2C24H34O4.6CH4/c1-5-19(2)20-10-12-23(13-11-20)29-14-15-30-26-22(17-27-3)16-21-8-6-7-9-24(21)25(26)18-28-4;1-6-24(2,3)20-9-7-17(8-10-20)23(26)30-12-11-29-22-18(15-27-4)13-21(25)14-19(22)16-28-5;1-7-24(3,4)21-10-8-9-11-22(21)27-12-13-28-23-19(16-25-5)14-18(2)15-20(23)17-26-6;1-6-24(4,5)21-8-7-9-22(14-21)27-10-11-28-23-19(15-25)12-18(17(2)3)13-20(23)16-26;;;;;;/h10-13,16,19H,5-9,14-15,17-18H2,1-4H3;7-10,13-14H,6,11-12,15-16H2,1-5H3;8-11,14-15H,7,12-13,16-17H2,1-6H3;7-9,12-14,17,25-26H,6,10-11,15-16H2,1-5H3;6*1H4. The molecule has 1 unspecified atom stereocenters. The number of aryl methyl sites for hydroxylation is 2. The second kappa shape index (κ2) is 58.5. The van der Waals surface area contributed by atoms with Gasteiger partial charge in [-0.2, -0.15) is 0 Å². The van der Waals surface area contributed by atoms with E-state index in [-0.39, 0.29) is 106 Å². The van der Waals surface area contributed by atoms with Crippen molar-refractivity contribution in [1.82, 2.24) is 0 Å². The van der Waals surface area contributed by atoms with Crippen molar-refractivity contribution in [3.05, 3.63) is 240 Å². The summed E-state index contributed by atoms with van der Waals surface area (Å²) in [6.45, 7) is 35.6. The Morgan fingerprint density at radius 3 is 1.34 bits per heavy atom. The van der Waals surface area contributed by atoms with Gasteiger partial charge in [0.2, 0.25) is 0 Å². The Morgan fingerprint density at radius 2 is 0.852 bits per heavy atom. The monoisotopic (exact) mass is 1700 g/mol. The second-order valence-electron chi connectivity index (χ2n) is 31.7. The number of hydrogen-bond donors (Lipinski definition) is 2. The summed E-state index contributed by atoms with van der Waals surface area (Å²) in [5, 5.41) is 19.4. The zero-order valence-electron chi connectivity index (χ0n) is 73.3. The van der Waals surface area contributed by atoms with Crippen molar-refractivity contribution in [2.45, 2.75) is 274 Å². The molecular formula is C104H159FO17. The van der Waals surface area contributed by atoms with Gasteiger partial charge in [0.05, 0.1) is 58.4 Å². The number of para-hydroxylation sites is 1. The number of benzene rings is 8. The van der Waals surface area contributed by atoms with Crippen LogP contribution >= 0.6 is 0 Å². The van der Waals surface area contributed by atoms with Crippen LogP contribution in [0.5, 0.6) is 40.2 Å². The fraction of sp³-hybridized carbons (Fsp3) is 0.529. The maximum atomic E-state index is 13.8. The average molecular weight is 1700 g/mol. The van der Waals surface area contributed by atoms with Gasteiger partial charge in [-0.3, -0.25) is 0 Å². The second-order valence-corrected chi connectivity index (χ2v) is 31.7. The van der Waals surface area contributed by atoms with Gasteiger partial charge in [0.25, 0.3) is 0 Å². The van der Waals surface area contributed by atoms with E-state index in [2.05, 4.69) is 152 Å². The van der Waals surface area contributed by atoms with Gasteiger partial charge in [-0.15, -0.1) is 0 Å². The number of carbonyl (C=O) groups excluding carboxylic acids is 1. The molecule has 1 aliphatic rings. The van der Waals surface area contributed by atoms with Crippen molar-refractivity contribution >= 4 is 5.97 Å². The molecule has 0 heterocycles. The number of methoxy groups -OCH3 is 6. The maximum Gasteiger partial charge on any atom is 0.338 e. The molecule has 0 fully saturated rings. The summed E-state index contributed by atoms with van der Waals surface area (Å²) in [5.74, 6) is 5.51. The number of hydrogen-bond acceptors (Lipinski definition) is 17. The predicted octanol–water partition coefficient (Wildman–Crippen LogP) is 25.1. The minimum absolute atomic E-state index is 0. The lowest BCUT2D eigenvalue weighted by Gasteiger charge is -2.26. The van der Waals surface area contributed by atoms with E-state index >= 15 is 0 Å². The lowest BCUT2D eigenvalue weighted by molar-refractivity contribution is 0.0446. The molecule has 0 spiro atoms. The zero-order valence-corrected chi connectivity index (χ0v) is 73.3. The van der Waals surface area contributed by atoms with Crippen LogP contribution in [0.1, 0.15) is 284 Å². The Labute approximate surface area is 737 Å². The van der Waals surface area contributed by atoms with Gasteiger partial charge in [0.1, 0.15) is 98.9 Å². The molecular weight excluding hydrogens is 1540 g/mol. The topological polar surface area (TPSA) is 187 Å². The van der Waals surface area contributed by atoms with Crippen LogP contribution < -0.4 is 33.2 Å². The molecule has 1 aliphatic carbocycles. The highest BCUT2D eigenvalue weighted by atomic mass is 19.1. The van der Waals surface area contributed by atoms with Gasteiger partial charge in [0.15, 0.2) is 0 Å². The largest absolute Gasteiger partial charge is 0.490 e. The molecule has 0 aromatic heterocycles. The highest BCUT2D eigenvalue weighted by Crippen LogP contribution is 2.39. The van der Waals surface area contributed by atoms with E-state index in [4.69, 9.17) is 66.3 Å². The quantitative estimate of drug-likeness (QED) is 0.0271. The first-order valence-electron chi connectivity index (χ1n) is 41.1. The lowest BCUT2D eigenvalue weighted by Crippen LogP contribution is -2.18. The molecule has 0 bridgehead atoms. The minimum atomic E-state index is -0.409. The zero-order chi connectivity index (χ0) is 84.8. The Kier molecular flexibility index (Phi) is 54.4. The third-order valence-corrected chi connectivity index (χ3v) is 21.6. The number of rotatable bonds is 43. The van der Waals surface area contributed by atoms with E-state index in [1.54, 1.807) is 40.6 Å². The van der Waals surface area contributed by atoms with E-state index in [1.165, 1.54) is 83.7 Å². The van der Waals surface area contributed by atoms with E-state index in [9.17, 15) is 19.4 Å². The molecule has 0 saturated heterocycles. The molecule has 9 rings (SSSR count). The van der Waals surface area contributed by atoms with Crippen molar-refractivity contribution in [2.24, 2.45) is 0 Å². The third-order valence-electron chi connectivity index (χ3n) is 21.6. The first-order valence-corrected chi connectivity index (χ1v) is 41.1. The van der Waals surface area contributed by atoms with E-state index in [0.29, 0.717) is 117 Å². The number of fused-ring (bicyclic) bond motifs is 1. The van der Waals surface area contributed by atoms with Crippen LogP contribution in [0.25, 0.3) is 0 Å². The van der Waals surface area contributed by atoms with Crippen molar-refractivity contribution in [1.29, 1.82) is 0 Å². The van der Waals surface area contributed by atoms with Crippen LogP contribution in [-0.4, -0.2) is 112 Å². The van der Waals surface area contributed by atoms with Gasteiger partial charge in [0, 0.05) is 87.2 Å². The number of ether oxygens (including phenoxy) is 14. The molecule has 8 aromatic carbocycles. The maximum absolute atomic E-state index is 13.8. The smallest absolute Gasteiger partial charge is 0.338 e. The first-order chi connectivity index (χ1) is 55.7. The predicted molar refractivity (Wildman–Crippen MR) is 501 cm³/mol. The molecule has 0 radical (unpaired) electrons. The number of halogens is 1. The fourth-order valence-corrected chi connectivity index (χ4v) is 13.6. The van der Waals surface area contributed by atoms with Crippen LogP contribution in [0.4, 0.5) is 4.39 Å². The molecule has 18 heteroatoms. The van der Waals surface area contributed by atoms with E-state index < -0.39 is 5.97 Å². The summed E-state index contributed by atoms with van der Waals surface area (Å²) in [5.41, 5.74) is 17.7. The Hall–Kier alpha value is -8.56. The van der Waals surface area contributed by atoms with Crippen LogP contribution in [-0.2, 0) is 115 Å². The summed E-state index contributed by atoms with van der Waals surface area (Å²) in [6, 6.07) is 45.4. The number of aliphatic hydroxyl groups is 2. The van der Waals surface area contributed by atoms with Gasteiger partial charge < -0.3 is 76.5 Å². The van der Waals surface area contributed by atoms with Crippen molar-refractivity contribution < 1.29 is 85.7 Å². The Morgan fingerprint density at radius 1 is 0.418 bits per heavy atom. The van der Waals surface area contributed by atoms with Gasteiger partial charge in [-0.1, -0.05) is 207 Å². The molecule has 1 atom stereocenters. The molecule has 122 heavy (non-hydrogen) atoms. The van der Waals surface area contributed by atoms with Crippen LogP contribution in [0.3, 0.4) is 0 Å². The van der Waals surface area contributed by atoms with E-state index in [0.717, 1.165) is 89.5 Å². The summed E-state index contributed by atoms with van der Waals surface area (Å²) < 4.78 is 93.0. The SMILES string of the molecule is C.C.C.C.C.C.CCC(C)(C)c1ccc(C(=O)OCCOc2c(COC)cc(F)cc2COC)cc1.CCC(C)(C)c1cccc(OCCOc2c(CO)cc(C(C)C)cc2CO)c1.CCC(C)(C)c1ccccc1OCCOc1c(COC)cc(C)cc1COC.CCC(C)c1ccc(OCCOc2c(COC)cc3c(c2COC)CCCC3)cc1. The number of aliphatic hydroxyl groups excluding tert-OH is 2. The summed E-state index contributed by atoms with van der Waals surface area (Å²) in [7, 11) is 9.91. The molecule has 8 aromatic rings. The van der Waals surface area contributed by atoms with Crippen LogP contribution in [0.2, 0.25) is 0 Å². The van der Waals surface area contributed by atoms with Gasteiger partial charge in [-0.25, -0.2) is 9.18 Å². The molecule has 0 saturated carbocycles. The normalized spacial score (nSPS) is 11.6. The summed E-state index contributed by atoms with van der Waals surface area (Å²) >= 11 is 0. The lowest BCUT2D eigenvalue weighted by atomic mass is 9.82.